The first-order valence-corrected chi connectivity index (χ1v) is 5.82. The Morgan fingerprint density at radius 2 is 2.15 bits per heavy atom. The molecule has 3 nitrogen and oxygen atoms in total. The van der Waals surface area contributed by atoms with Crippen LogP contribution in [0.3, 0.4) is 0 Å². The predicted octanol–water partition coefficient (Wildman–Crippen LogP) is 1.27. The van der Waals surface area contributed by atoms with Crippen molar-refractivity contribution in [2.24, 2.45) is 0 Å². The molecule has 4 heteroatoms. The SMILES string of the molecule is CCS(=O)Cc1ccc(CNC)o1. The third-order valence-corrected chi connectivity index (χ3v) is 2.94. The second-order valence-corrected chi connectivity index (χ2v) is 4.52. The van der Waals surface area contributed by atoms with E-state index in [4.69, 9.17) is 4.42 Å². The summed E-state index contributed by atoms with van der Waals surface area (Å²) >= 11 is 0. The second kappa shape index (κ2) is 5.19. The largest absolute Gasteiger partial charge is 0.464 e. The van der Waals surface area contributed by atoms with Crippen molar-refractivity contribution in [2.45, 2.75) is 19.2 Å². The van der Waals surface area contributed by atoms with Gasteiger partial charge >= 0.3 is 0 Å². The molecule has 0 bridgehead atoms. The summed E-state index contributed by atoms with van der Waals surface area (Å²) in [4.78, 5) is 0. The highest BCUT2D eigenvalue weighted by Gasteiger charge is 2.04. The van der Waals surface area contributed by atoms with Gasteiger partial charge in [-0.05, 0) is 19.2 Å². The zero-order valence-corrected chi connectivity index (χ0v) is 8.82. The summed E-state index contributed by atoms with van der Waals surface area (Å²) in [6.45, 7) is 2.63. The van der Waals surface area contributed by atoms with Crippen molar-refractivity contribution in [3.8, 4) is 0 Å². The van der Waals surface area contributed by atoms with E-state index in [9.17, 15) is 4.21 Å². The monoisotopic (exact) mass is 201 g/mol. The standard InChI is InChI=1S/C9H15NO2S/c1-3-13(11)7-9-5-4-8(12-9)6-10-2/h4-5,10H,3,6-7H2,1-2H3. The smallest absolute Gasteiger partial charge is 0.117 e. The van der Waals surface area contributed by atoms with Crippen LogP contribution in [0.4, 0.5) is 0 Å². The predicted molar refractivity (Wildman–Crippen MR) is 53.9 cm³/mol. The van der Waals surface area contributed by atoms with E-state index < -0.39 is 10.8 Å². The van der Waals surface area contributed by atoms with Crippen molar-refractivity contribution in [3.63, 3.8) is 0 Å². The summed E-state index contributed by atoms with van der Waals surface area (Å²) in [5.41, 5.74) is 0. The van der Waals surface area contributed by atoms with E-state index in [1.54, 1.807) is 0 Å². The van der Waals surface area contributed by atoms with E-state index in [0.29, 0.717) is 11.5 Å². The maximum absolute atomic E-state index is 11.2. The molecule has 13 heavy (non-hydrogen) atoms. The van der Waals surface area contributed by atoms with Crippen molar-refractivity contribution in [1.29, 1.82) is 0 Å². The van der Waals surface area contributed by atoms with Crippen LogP contribution in [0.1, 0.15) is 18.4 Å². The molecule has 0 aromatic carbocycles. The van der Waals surface area contributed by atoms with Gasteiger partial charge in [-0.15, -0.1) is 0 Å². The maximum Gasteiger partial charge on any atom is 0.117 e. The molecule has 0 aliphatic carbocycles. The molecule has 1 aromatic heterocycles. The highest BCUT2D eigenvalue weighted by atomic mass is 32.2. The van der Waals surface area contributed by atoms with Crippen LogP contribution in [0, 0.1) is 0 Å². The Bertz CT molecular complexity index is 283. The van der Waals surface area contributed by atoms with Crippen molar-refractivity contribution in [1.82, 2.24) is 5.32 Å². The molecule has 1 aromatic rings. The van der Waals surface area contributed by atoms with Gasteiger partial charge in [-0.2, -0.15) is 0 Å². The van der Waals surface area contributed by atoms with Gasteiger partial charge in [-0.1, -0.05) is 6.92 Å². The molecule has 0 amide bonds. The lowest BCUT2D eigenvalue weighted by molar-refractivity contribution is 0.467. The van der Waals surface area contributed by atoms with Gasteiger partial charge < -0.3 is 9.73 Å². The Morgan fingerprint density at radius 3 is 2.77 bits per heavy atom. The number of nitrogens with one attached hydrogen (secondary N) is 1. The summed E-state index contributed by atoms with van der Waals surface area (Å²) in [6, 6.07) is 3.80. The molecule has 1 heterocycles. The molecule has 0 fully saturated rings. The van der Waals surface area contributed by atoms with E-state index in [1.165, 1.54) is 0 Å². The highest BCUT2D eigenvalue weighted by molar-refractivity contribution is 7.84. The highest BCUT2D eigenvalue weighted by Crippen LogP contribution is 2.09. The maximum atomic E-state index is 11.2. The summed E-state index contributed by atoms with van der Waals surface area (Å²) in [7, 11) is 1.08. The first-order chi connectivity index (χ1) is 6.26. The van der Waals surface area contributed by atoms with E-state index in [-0.39, 0.29) is 0 Å². The van der Waals surface area contributed by atoms with Gasteiger partial charge in [-0.3, -0.25) is 4.21 Å². The molecule has 0 saturated heterocycles. The van der Waals surface area contributed by atoms with Gasteiger partial charge in [-0.25, -0.2) is 0 Å². The lowest BCUT2D eigenvalue weighted by Crippen LogP contribution is -2.03. The Morgan fingerprint density at radius 1 is 1.46 bits per heavy atom. The Labute approximate surface area is 81.0 Å². The van der Waals surface area contributed by atoms with Gasteiger partial charge in [0.25, 0.3) is 0 Å². The molecule has 0 aliphatic rings. The van der Waals surface area contributed by atoms with Crippen molar-refractivity contribution >= 4 is 10.8 Å². The minimum atomic E-state index is -0.783. The number of furan rings is 1. The number of hydrogen-bond acceptors (Lipinski definition) is 3. The minimum absolute atomic E-state index is 0.528. The van der Waals surface area contributed by atoms with Crippen LogP contribution in [-0.2, 0) is 23.1 Å². The lowest BCUT2D eigenvalue weighted by Gasteiger charge is -1.95. The van der Waals surface area contributed by atoms with Crippen LogP contribution in [-0.4, -0.2) is 17.0 Å². The Hall–Kier alpha value is -0.610. The zero-order chi connectivity index (χ0) is 9.68. The molecule has 74 valence electrons. The van der Waals surface area contributed by atoms with E-state index in [2.05, 4.69) is 5.32 Å². The van der Waals surface area contributed by atoms with E-state index in [1.807, 2.05) is 26.1 Å². The summed E-state index contributed by atoms with van der Waals surface area (Å²) in [5.74, 6) is 2.92. The van der Waals surface area contributed by atoms with E-state index >= 15 is 0 Å². The first-order valence-electron chi connectivity index (χ1n) is 4.33. The molecule has 0 aliphatic heterocycles. The fourth-order valence-corrected chi connectivity index (χ4v) is 1.71. The van der Waals surface area contributed by atoms with Crippen LogP contribution in [0.25, 0.3) is 0 Å². The summed E-state index contributed by atoms with van der Waals surface area (Å²) in [6.07, 6.45) is 0. The van der Waals surface area contributed by atoms with Gasteiger partial charge in [0, 0.05) is 16.6 Å². The topological polar surface area (TPSA) is 42.2 Å². The minimum Gasteiger partial charge on any atom is -0.464 e. The Kier molecular flexibility index (Phi) is 4.18. The average molecular weight is 201 g/mol. The van der Waals surface area contributed by atoms with E-state index in [0.717, 1.165) is 18.1 Å². The van der Waals surface area contributed by atoms with Crippen LogP contribution in [0.2, 0.25) is 0 Å². The molecule has 1 N–H and O–H groups in total. The molecule has 1 atom stereocenters. The average Bonchev–Trinajstić information content (AvgIpc) is 2.53. The number of rotatable bonds is 5. The van der Waals surface area contributed by atoms with Crippen molar-refractivity contribution < 1.29 is 8.63 Å². The molecule has 0 saturated carbocycles. The quantitative estimate of drug-likeness (QED) is 0.780. The fraction of sp³-hybridized carbons (Fsp3) is 0.556. The number of hydrogen-bond donors (Lipinski definition) is 1. The molecule has 0 radical (unpaired) electrons. The first kappa shape index (κ1) is 10.5. The third kappa shape index (κ3) is 3.32. The molecule has 0 spiro atoms. The summed E-state index contributed by atoms with van der Waals surface area (Å²) in [5, 5.41) is 3.00. The van der Waals surface area contributed by atoms with Gasteiger partial charge in [0.15, 0.2) is 0 Å². The van der Waals surface area contributed by atoms with Gasteiger partial charge in [0.1, 0.15) is 11.5 Å². The Balaban J connectivity index is 2.53. The van der Waals surface area contributed by atoms with Crippen molar-refractivity contribution in [3.05, 3.63) is 23.7 Å². The molecule has 1 rings (SSSR count). The summed E-state index contributed by atoms with van der Waals surface area (Å²) < 4.78 is 16.6. The van der Waals surface area contributed by atoms with Crippen molar-refractivity contribution in [2.75, 3.05) is 12.8 Å². The van der Waals surface area contributed by atoms with Gasteiger partial charge in [0.2, 0.25) is 0 Å². The second-order valence-electron chi connectivity index (χ2n) is 2.77. The van der Waals surface area contributed by atoms with Gasteiger partial charge in [0.05, 0.1) is 12.3 Å². The molecular weight excluding hydrogens is 186 g/mol. The molecule has 1 unspecified atom stereocenters. The van der Waals surface area contributed by atoms with Crippen LogP contribution in [0.5, 0.6) is 0 Å². The van der Waals surface area contributed by atoms with Crippen LogP contribution in [0.15, 0.2) is 16.5 Å². The van der Waals surface area contributed by atoms with Crippen LogP contribution >= 0.6 is 0 Å². The molecular formula is C9H15NO2S. The normalized spacial score (nSPS) is 13.1. The fourth-order valence-electron chi connectivity index (χ4n) is 1.03. The zero-order valence-electron chi connectivity index (χ0n) is 8.00. The lowest BCUT2D eigenvalue weighted by atomic mass is 10.4. The third-order valence-electron chi connectivity index (χ3n) is 1.69. The van der Waals surface area contributed by atoms with Crippen LogP contribution < -0.4 is 5.32 Å².